The molecule has 1 atom stereocenters. The van der Waals surface area contributed by atoms with E-state index in [4.69, 9.17) is 14.5 Å². The third-order valence-corrected chi connectivity index (χ3v) is 3.44. The lowest BCUT2D eigenvalue weighted by Gasteiger charge is -2.08. The molecule has 0 aliphatic heterocycles. The average molecular weight is 294 g/mol. The predicted octanol–water partition coefficient (Wildman–Crippen LogP) is 3.02. The van der Waals surface area contributed by atoms with Gasteiger partial charge >= 0.3 is 0 Å². The van der Waals surface area contributed by atoms with Crippen molar-refractivity contribution in [3.8, 4) is 5.75 Å². The number of hydrogen-bond donors (Lipinski definition) is 1. The molecule has 0 saturated carbocycles. The largest absolute Gasteiger partial charge is 0.322 e. The van der Waals surface area contributed by atoms with Gasteiger partial charge in [-0.15, -0.1) is 0 Å². The van der Waals surface area contributed by atoms with E-state index in [1.165, 1.54) is 0 Å². The van der Waals surface area contributed by atoms with Crippen LogP contribution in [0.2, 0.25) is 0 Å². The van der Waals surface area contributed by atoms with Gasteiger partial charge in [-0.05, 0) is 25.1 Å². The van der Waals surface area contributed by atoms with Crippen LogP contribution in [0.25, 0.3) is 0 Å². The lowest BCUT2D eigenvalue weighted by atomic mass is 10.2. The van der Waals surface area contributed by atoms with E-state index in [-0.39, 0.29) is 6.61 Å². The molecule has 0 heterocycles. The second-order valence-electron chi connectivity index (χ2n) is 4.08. The molecule has 0 saturated heterocycles. The first-order valence-corrected chi connectivity index (χ1v) is 6.96. The first kappa shape index (κ1) is 14.7. The number of benzene rings is 2. The second kappa shape index (κ2) is 7.16. The highest BCUT2D eigenvalue weighted by atomic mass is 32.2. The van der Waals surface area contributed by atoms with Gasteiger partial charge in [0.05, 0.1) is 4.90 Å². The van der Waals surface area contributed by atoms with Crippen LogP contribution in [0.4, 0.5) is 0 Å². The lowest BCUT2D eigenvalue weighted by molar-refractivity contribution is -0.253. The fourth-order valence-electron chi connectivity index (χ4n) is 1.53. The number of rotatable bonds is 6. The van der Waals surface area contributed by atoms with Crippen molar-refractivity contribution >= 4 is 11.1 Å². The zero-order chi connectivity index (χ0) is 14.4. The molecule has 106 valence electrons. The van der Waals surface area contributed by atoms with Gasteiger partial charge in [0, 0.05) is 5.56 Å². The van der Waals surface area contributed by atoms with Crippen molar-refractivity contribution in [1.82, 2.24) is 0 Å². The molecule has 0 aromatic heterocycles. The first-order valence-electron chi connectivity index (χ1n) is 5.88. The van der Waals surface area contributed by atoms with Crippen LogP contribution in [0.15, 0.2) is 53.4 Å². The Bertz CT molecular complexity index is 582. The Kier molecular flexibility index (Phi) is 5.25. The molecule has 2 aromatic rings. The van der Waals surface area contributed by atoms with E-state index in [9.17, 15) is 4.21 Å². The van der Waals surface area contributed by atoms with Gasteiger partial charge in [0.15, 0.2) is 5.75 Å². The van der Waals surface area contributed by atoms with Crippen LogP contribution < -0.4 is 4.89 Å². The monoisotopic (exact) mass is 294 g/mol. The highest BCUT2D eigenvalue weighted by Gasteiger charge is 2.09. The van der Waals surface area contributed by atoms with Crippen LogP contribution >= 0.6 is 0 Å². The van der Waals surface area contributed by atoms with Gasteiger partial charge in [-0.2, -0.15) is 0 Å². The van der Waals surface area contributed by atoms with Crippen LogP contribution in [-0.4, -0.2) is 9.47 Å². The molecule has 2 rings (SSSR count). The molecule has 0 fully saturated rings. The summed E-state index contributed by atoms with van der Waals surface area (Å²) in [6, 6.07) is 13.9. The normalized spacial score (nSPS) is 12.1. The van der Waals surface area contributed by atoms with Gasteiger partial charge in [-0.3, -0.25) is 5.26 Å². The van der Waals surface area contributed by atoms with E-state index in [2.05, 4.69) is 4.89 Å². The van der Waals surface area contributed by atoms with E-state index < -0.39 is 11.1 Å². The molecule has 0 spiro atoms. The van der Waals surface area contributed by atoms with Crippen LogP contribution in [0, 0.1) is 6.92 Å². The number of aryl methyl sites for hydroxylation is 1. The second-order valence-corrected chi connectivity index (χ2v) is 5.16. The van der Waals surface area contributed by atoms with E-state index >= 15 is 0 Å². The highest BCUT2D eigenvalue weighted by Crippen LogP contribution is 2.20. The molecule has 2 aromatic carbocycles. The minimum atomic E-state index is -1.73. The maximum absolute atomic E-state index is 11.9. The molecule has 5 nitrogen and oxygen atoms in total. The van der Waals surface area contributed by atoms with Gasteiger partial charge in [-0.25, -0.2) is 9.10 Å². The lowest BCUT2D eigenvalue weighted by Crippen LogP contribution is -2.04. The smallest absolute Gasteiger partial charge is 0.232 e. The summed E-state index contributed by atoms with van der Waals surface area (Å²) in [5.74, 6) is 0.335. The van der Waals surface area contributed by atoms with Gasteiger partial charge in [-0.1, -0.05) is 40.2 Å². The molecule has 0 aliphatic carbocycles. The Morgan fingerprint density at radius 3 is 2.50 bits per heavy atom. The van der Waals surface area contributed by atoms with Crippen LogP contribution in [0.5, 0.6) is 5.75 Å². The molecule has 0 amide bonds. The molecular formula is C14H14O5S. The Morgan fingerprint density at radius 1 is 1.10 bits per heavy atom. The number of para-hydroxylation sites is 1. The zero-order valence-corrected chi connectivity index (χ0v) is 11.6. The standard InChI is InChI=1S/C14H14O5S/c1-11-6-8-13(9-7-11)20(16)19-18-14-5-3-2-4-12(14)10-17-15/h2-9,15H,10H2,1H3. The molecule has 1 N–H and O–H groups in total. The fourth-order valence-corrected chi connectivity index (χ4v) is 2.10. The summed E-state index contributed by atoms with van der Waals surface area (Å²) in [7, 11) is 0. The average Bonchev–Trinajstić information content (AvgIpc) is 2.47. The molecule has 20 heavy (non-hydrogen) atoms. The summed E-state index contributed by atoms with van der Waals surface area (Å²) in [5, 5.41) is 8.47. The summed E-state index contributed by atoms with van der Waals surface area (Å²) in [6.07, 6.45) is 0. The fraction of sp³-hybridized carbons (Fsp3) is 0.143. The van der Waals surface area contributed by atoms with Crippen molar-refractivity contribution in [1.29, 1.82) is 0 Å². The zero-order valence-electron chi connectivity index (χ0n) is 10.8. The van der Waals surface area contributed by atoms with Crippen molar-refractivity contribution in [3.63, 3.8) is 0 Å². The van der Waals surface area contributed by atoms with E-state index in [1.807, 2.05) is 19.1 Å². The molecule has 0 aliphatic rings. The third-order valence-electron chi connectivity index (χ3n) is 2.59. The van der Waals surface area contributed by atoms with Crippen LogP contribution in [0.3, 0.4) is 0 Å². The van der Waals surface area contributed by atoms with Crippen molar-refractivity contribution in [2.24, 2.45) is 0 Å². The first-order chi connectivity index (χ1) is 9.70. The van der Waals surface area contributed by atoms with Gasteiger partial charge < -0.3 is 4.89 Å². The molecule has 6 heteroatoms. The van der Waals surface area contributed by atoms with Crippen molar-refractivity contribution in [2.45, 2.75) is 18.4 Å². The van der Waals surface area contributed by atoms with Crippen LogP contribution in [-0.2, 0) is 26.9 Å². The van der Waals surface area contributed by atoms with Gasteiger partial charge in [0.25, 0.3) is 0 Å². The van der Waals surface area contributed by atoms with Gasteiger partial charge in [0.1, 0.15) is 6.61 Å². The Hall–Kier alpha value is -1.73. The van der Waals surface area contributed by atoms with Crippen molar-refractivity contribution in [3.05, 3.63) is 59.7 Å². The Morgan fingerprint density at radius 2 is 1.80 bits per heavy atom. The molecule has 0 radical (unpaired) electrons. The molecular weight excluding hydrogens is 280 g/mol. The SMILES string of the molecule is Cc1ccc(S(=O)OOc2ccccc2COO)cc1. The summed E-state index contributed by atoms with van der Waals surface area (Å²) < 4.78 is 16.8. The third kappa shape index (κ3) is 3.88. The minimum absolute atomic E-state index is 0.0449. The van der Waals surface area contributed by atoms with E-state index in [0.29, 0.717) is 16.2 Å². The Labute approximate surface area is 119 Å². The highest BCUT2D eigenvalue weighted by molar-refractivity contribution is 7.80. The number of hydrogen-bond acceptors (Lipinski definition) is 5. The van der Waals surface area contributed by atoms with E-state index in [0.717, 1.165) is 5.56 Å². The van der Waals surface area contributed by atoms with Crippen molar-refractivity contribution in [2.75, 3.05) is 0 Å². The van der Waals surface area contributed by atoms with E-state index in [1.54, 1.807) is 36.4 Å². The predicted molar refractivity (Wildman–Crippen MR) is 73.2 cm³/mol. The van der Waals surface area contributed by atoms with Crippen LogP contribution in [0.1, 0.15) is 11.1 Å². The summed E-state index contributed by atoms with van der Waals surface area (Å²) in [5.41, 5.74) is 1.65. The quantitative estimate of drug-likeness (QED) is 0.655. The summed E-state index contributed by atoms with van der Waals surface area (Å²) in [6.45, 7) is 1.89. The maximum Gasteiger partial charge on any atom is 0.232 e. The maximum atomic E-state index is 11.9. The van der Waals surface area contributed by atoms with Crippen molar-refractivity contribution < 1.29 is 23.6 Å². The molecule has 1 unspecified atom stereocenters. The summed E-state index contributed by atoms with van der Waals surface area (Å²) >= 11 is -1.73. The summed E-state index contributed by atoms with van der Waals surface area (Å²) in [4.78, 5) is 9.61. The molecule has 0 bridgehead atoms. The topological polar surface area (TPSA) is 65.0 Å². The van der Waals surface area contributed by atoms with Gasteiger partial charge in [0.2, 0.25) is 11.1 Å². The Balaban J connectivity index is 2.01. The minimum Gasteiger partial charge on any atom is -0.322 e.